The van der Waals surface area contributed by atoms with E-state index in [1.165, 1.54) is 4.31 Å². The van der Waals surface area contributed by atoms with Gasteiger partial charge in [0.05, 0.1) is 30.3 Å². The molecule has 2 fully saturated rings. The van der Waals surface area contributed by atoms with E-state index in [4.69, 9.17) is 21.7 Å². The van der Waals surface area contributed by atoms with Crippen molar-refractivity contribution in [1.29, 1.82) is 0 Å². The second-order valence-electron chi connectivity index (χ2n) is 6.63. The van der Waals surface area contributed by atoms with Crippen molar-refractivity contribution in [2.45, 2.75) is 31.0 Å². The Bertz CT molecular complexity index is 723. The first-order chi connectivity index (χ1) is 12.4. The van der Waals surface area contributed by atoms with Crippen LogP contribution >= 0.6 is 12.2 Å². The van der Waals surface area contributed by atoms with Gasteiger partial charge in [-0.25, -0.2) is 8.42 Å². The molecule has 0 amide bonds. The standard InChI is InChI=1S/C17H25N3O4S2/c1-13-11-19(12-14(2)24-13)17(25)18-15-3-5-16(6-4-15)26(21,22)20-7-9-23-10-8-20/h3-6,13-14H,7-12H2,1-2H3,(H,18,25)/t13-,14-/m1/s1. The quantitative estimate of drug-likeness (QED) is 0.773. The molecule has 2 saturated heterocycles. The van der Waals surface area contributed by atoms with E-state index in [2.05, 4.69) is 10.2 Å². The second kappa shape index (κ2) is 8.18. The number of anilines is 1. The van der Waals surface area contributed by atoms with Gasteiger partial charge >= 0.3 is 0 Å². The van der Waals surface area contributed by atoms with Gasteiger partial charge in [-0.1, -0.05) is 0 Å². The average molecular weight is 400 g/mol. The van der Waals surface area contributed by atoms with Gasteiger partial charge < -0.3 is 19.7 Å². The van der Waals surface area contributed by atoms with Gasteiger partial charge in [-0.05, 0) is 50.3 Å². The van der Waals surface area contributed by atoms with Crippen molar-refractivity contribution in [2.24, 2.45) is 0 Å². The van der Waals surface area contributed by atoms with E-state index in [9.17, 15) is 8.42 Å². The molecule has 0 aliphatic carbocycles. The van der Waals surface area contributed by atoms with Crippen LogP contribution < -0.4 is 5.32 Å². The van der Waals surface area contributed by atoms with E-state index in [-0.39, 0.29) is 17.1 Å². The lowest BCUT2D eigenvalue weighted by Gasteiger charge is -2.36. The Labute approximate surface area is 160 Å². The molecule has 0 bridgehead atoms. The summed E-state index contributed by atoms with van der Waals surface area (Å²) < 4.78 is 37.7. The molecule has 0 saturated carbocycles. The van der Waals surface area contributed by atoms with Crippen LogP contribution in [0.2, 0.25) is 0 Å². The number of hydrogen-bond acceptors (Lipinski definition) is 5. The normalized spacial score (nSPS) is 25.1. The minimum Gasteiger partial charge on any atom is -0.379 e. The van der Waals surface area contributed by atoms with E-state index in [0.29, 0.717) is 31.4 Å². The van der Waals surface area contributed by atoms with Gasteiger partial charge in [-0.15, -0.1) is 0 Å². The van der Waals surface area contributed by atoms with Gasteiger partial charge in [0.25, 0.3) is 0 Å². The third-order valence-corrected chi connectivity index (χ3v) is 6.69. The molecule has 1 aromatic rings. The highest BCUT2D eigenvalue weighted by Gasteiger charge is 2.27. The van der Waals surface area contributed by atoms with E-state index in [1.54, 1.807) is 24.3 Å². The number of rotatable bonds is 3. The molecule has 0 radical (unpaired) electrons. The molecular weight excluding hydrogens is 374 g/mol. The first-order valence-electron chi connectivity index (χ1n) is 8.75. The fourth-order valence-corrected chi connectivity index (χ4v) is 4.87. The third-order valence-electron chi connectivity index (χ3n) is 4.42. The Hall–Kier alpha value is -1.26. The lowest BCUT2D eigenvalue weighted by atomic mass is 10.2. The summed E-state index contributed by atoms with van der Waals surface area (Å²) in [6, 6.07) is 6.71. The van der Waals surface area contributed by atoms with Crippen LogP contribution in [0.5, 0.6) is 0 Å². The molecule has 7 nitrogen and oxygen atoms in total. The molecule has 2 aliphatic heterocycles. The maximum absolute atomic E-state index is 12.6. The smallest absolute Gasteiger partial charge is 0.243 e. The van der Waals surface area contributed by atoms with Crippen molar-refractivity contribution in [3.05, 3.63) is 24.3 Å². The van der Waals surface area contributed by atoms with Gasteiger partial charge in [0, 0.05) is 31.9 Å². The number of nitrogens with one attached hydrogen (secondary N) is 1. The number of nitrogens with zero attached hydrogens (tertiary/aromatic N) is 2. The Morgan fingerprint density at radius 2 is 1.69 bits per heavy atom. The van der Waals surface area contributed by atoms with E-state index >= 15 is 0 Å². The SMILES string of the molecule is C[C@@H]1CN(C(=S)Nc2ccc(S(=O)(=O)N3CCOCC3)cc2)C[C@@H](C)O1. The van der Waals surface area contributed by atoms with Gasteiger partial charge in [-0.2, -0.15) is 4.31 Å². The minimum atomic E-state index is -3.48. The molecule has 26 heavy (non-hydrogen) atoms. The molecule has 1 aromatic carbocycles. The molecule has 2 atom stereocenters. The van der Waals surface area contributed by atoms with Gasteiger partial charge in [-0.3, -0.25) is 0 Å². The topological polar surface area (TPSA) is 71.1 Å². The molecule has 0 unspecified atom stereocenters. The van der Waals surface area contributed by atoms with Crippen molar-refractivity contribution in [2.75, 3.05) is 44.7 Å². The number of sulfonamides is 1. The van der Waals surface area contributed by atoms with Gasteiger partial charge in [0.2, 0.25) is 10.0 Å². The van der Waals surface area contributed by atoms with E-state index in [0.717, 1.165) is 18.8 Å². The lowest BCUT2D eigenvalue weighted by molar-refractivity contribution is -0.0473. The number of benzene rings is 1. The Morgan fingerprint density at radius 3 is 2.27 bits per heavy atom. The van der Waals surface area contributed by atoms with Crippen molar-refractivity contribution < 1.29 is 17.9 Å². The Morgan fingerprint density at radius 1 is 1.12 bits per heavy atom. The first kappa shape index (κ1) is 19.5. The minimum absolute atomic E-state index is 0.125. The molecular formula is C17H25N3O4S2. The summed E-state index contributed by atoms with van der Waals surface area (Å²) >= 11 is 5.49. The maximum Gasteiger partial charge on any atom is 0.243 e. The monoisotopic (exact) mass is 399 g/mol. The molecule has 0 spiro atoms. The van der Waals surface area contributed by atoms with Crippen LogP contribution in [-0.4, -0.2) is 74.3 Å². The van der Waals surface area contributed by atoms with Gasteiger partial charge in [0.15, 0.2) is 5.11 Å². The maximum atomic E-state index is 12.6. The summed E-state index contributed by atoms with van der Waals surface area (Å²) in [5.41, 5.74) is 0.766. The summed E-state index contributed by atoms with van der Waals surface area (Å²) in [5.74, 6) is 0. The van der Waals surface area contributed by atoms with Crippen LogP contribution in [0.4, 0.5) is 5.69 Å². The summed E-state index contributed by atoms with van der Waals surface area (Å²) in [7, 11) is -3.48. The number of morpholine rings is 2. The van der Waals surface area contributed by atoms with Crippen molar-refractivity contribution in [3.63, 3.8) is 0 Å². The highest BCUT2D eigenvalue weighted by molar-refractivity contribution is 7.89. The number of ether oxygens (including phenoxy) is 2. The molecule has 2 aliphatic rings. The third kappa shape index (κ3) is 4.52. The summed E-state index contributed by atoms with van der Waals surface area (Å²) in [4.78, 5) is 2.36. The largest absolute Gasteiger partial charge is 0.379 e. The Kier molecular flexibility index (Phi) is 6.13. The molecule has 144 valence electrons. The van der Waals surface area contributed by atoms with Crippen molar-refractivity contribution >= 4 is 33.0 Å². The highest BCUT2D eigenvalue weighted by atomic mass is 32.2. The number of thiocarbonyl (C=S) groups is 1. The van der Waals surface area contributed by atoms with Crippen LogP contribution in [0.15, 0.2) is 29.2 Å². The molecule has 2 heterocycles. The fourth-order valence-electron chi connectivity index (χ4n) is 3.19. The van der Waals surface area contributed by atoms with Crippen LogP contribution in [-0.2, 0) is 19.5 Å². The zero-order chi connectivity index (χ0) is 18.7. The second-order valence-corrected chi connectivity index (χ2v) is 8.96. The van der Waals surface area contributed by atoms with Crippen LogP contribution in [0.1, 0.15) is 13.8 Å². The van der Waals surface area contributed by atoms with Crippen LogP contribution in [0.25, 0.3) is 0 Å². The number of hydrogen-bond donors (Lipinski definition) is 1. The molecule has 3 rings (SSSR count). The van der Waals surface area contributed by atoms with E-state index < -0.39 is 10.0 Å². The first-order valence-corrected chi connectivity index (χ1v) is 10.6. The van der Waals surface area contributed by atoms with Crippen molar-refractivity contribution in [1.82, 2.24) is 9.21 Å². The average Bonchev–Trinajstić information content (AvgIpc) is 2.62. The van der Waals surface area contributed by atoms with E-state index in [1.807, 2.05) is 13.8 Å². The van der Waals surface area contributed by atoms with Gasteiger partial charge in [0.1, 0.15) is 0 Å². The highest BCUT2D eigenvalue weighted by Crippen LogP contribution is 2.20. The molecule has 9 heteroatoms. The molecule has 0 aromatic heterocycles. The predicted octanol–water partition coefficient (Wildman–Crippen LogP) is 1.51. The molecule has 1 N–H and O–H groups in total. The summed E-state index contributed by atoms with van der Waals surface area (Å²) in [6.07, 6.45) is 0.249. The zero-order valence-electron chi connectivity index (χ0n) is 15.1. The Balaban J connectivity index is 1.65. The lowest BCUT2D eigenvalue weighted by Crippen LogP contribution is -2.49. The predicted molar refractivity (Wildman–Crippen MR) is 104 cm³/mol. The van der Waals surface area contributed by atoms with Crippen LogP contribution in [0, 0.1) is 0 Å². The summed E-state index contributed by atoms with van der Waals surface area (Å²) in [6.45, 7) is 7.17. The fraction of sp³-hybridized carbons (Fsp3) is 0.588. The van der Waals surface area contributed by atoms with Crippen LogP contribution in [0.3, 0.4) is 0 Å². The van der Waals surface area contributed by atoms with Crippen molar-refractivity contribution in [3.8, 4) is 0 Å². The zero-order valence-corrected chi connectivity index (χ0v) is 16.7. The summed E-state index contributed by atoms with van der Waals surface area (Å²) in [5, 5.41) is 3.81.